The smallest absolute Gasteiger partial charge is 0.274 e. The fraction of sp³-hybridized carbons (Fsp3) is 0.208. The maximum atomic E-state index is 13.1. The molecule has 162 valence electrons. The molecule has 0 bridgehead atoms. The van der Waals surface area contributed by atoms with Crippen molar-refractivity contribution < 1.29 is 4.79 Å². The average Bonchev–Trinajstić information content (AvgIpc) is 3.14. The van der Waals surface area contributed by atoms with E-state index < -0.39 is 0 Å². The van der Waals surface area contributed by atoms with E-state index in [2.05, 4.69) is 51.5 Å². The fourth-order valence-electron chi connectivity index (χ4n) is 3.27. The maximum Gasteiger partial charge on any atom is 0.274 e. The van der Waals surface area contributed by atoms with E-state index in [1.165, 1.54) is 0 Å². The summed E-state index contributed by atoms with van der Waals surface area (Å²) in [6.07, 6.45) is 6.88. The van der Waals surface area contributed by atoms with Crippen molar-refractivity contribution >= 4 is 17.3 Å². The van der Waals surface area contributed by atoms with Gasteiger partial charge in [0.25, 0.3) is 5.91 Å². The second-order valence-corrected chi connectivity index (χ2v) is 8.44. The Hall–Kier alpha value is -4.07. The highest BCUT2D eigenvalue weighted by Gasteiger charge is 2.19. The van der Waals surface area contributed by atoms with Crippen molar-refractivity contribution in [1.29, 1.82) is 0 Å². The third kappa shape index (κ3) is 4.80. The quantitative estimate of drug-likeness (QED) is 0.490. The van der Waals surface area contributed by atoms with Crippen LogP contribution in [0, 0.1) is 0 Å². The van der Waals surface area contributed by atoms with Crippen molar-refractivity contribution in [2.45, 2.75) is 26.3 Å². The number of nitrogens with zero attached hydrogens (tertiary/aromatic N) is 5. The first-order valence-electron chi connectivity index (χ1n) is 10.3. The minimum Gasteiger partial charge on any atom is -0.379 e. The molecule has 0 saturated carbocycles. The molecule has 0 unspecified atom stereocenters. The van der Waals surface area contributed by atoms with Crippen LogP contribution in [0.25, 0.3) is 22.6 Å². The molecule has 0 aliphatic rings. The zero-order valence-corrected chi connectivity index (χ0v) is 18.5. The molecule has 0 aromatic carbocycles. The van der Waals surface area contributed by atoms with Gasteiger partial charge in [0.2, 0.25) is 0 Å². The molecule has 8 heteroatoms. The molecule has 0 radical (unpaired) electrons. The first-order chi connectivity index (χ1) is 15.3. The van der Waals surface area contributed by atoms with Crippen molar-refractivity contribution in [3.8, 4) is 22.6 Å². The van der Waals surface area contributed by atoms with Gasteiger partial charge in [-0.1, -0.05) is 6.07 Å². The van der Waals surface area contributed by atoms with Gasteiger partial charge in [-0.2, -0.15) is 5.10 Å². The third-order valence-corrected chi connectivity index (χ3v) is 4.56. The van der Waals surface area contributed by atoms with Crippen LogP contribution in [0.4, 0.5) is 11.4 Å². The van der Waals surface area contributed by atoms with Crippen LogP contribution in [0.1, 0.15) is 31.3 Å². The number of carbonyl (C=O) groups is 1. The Kier molecular flexibility index (Phi) is 5.68. The molecule has 0 spiro atoms. The summed E-state index contributed by atoms with van der Waals surface area (Å²) in [4.78, 5) is 26.3. The predicted molar refractivity (Wildman–Crippen MR) is 125 cm³/mol. The van der Waals surface area contributed by atoms with E-state index in [0.29, 0.717) is 28.5 Å². The lowest BCUT2D eigenvalue weighted by Gasteiger charge is -2.24. The Morgan fingerprint density at radius 1 is 0.969 bits per heavy atom. The topological polar surface area (TPSA) is 97.6 Å². The summed E-state index contributed by atoms with van der Waals surface area (Å²) in [5.74, 6) is -0.331. The SMILES string of the molecule is Cn1cc(NC(=O)c2ccc(NC(C)(C)C)c(-c3cccnc3)n2)c(-c2ccccn2)n1. The Balaban J connectivity index is 1.68. The van der Waals surface area contributed by atoms with Crippen LogP contribution in [-0.2, 0) is 7.05 Å². The zero-order chi connectivity index (χ0) is 22.7. The molecule has 8 nitrogen and oxygen atoms in total. The van der Waals surface area contributed by atoms with Gasteiger partial charge in [0, 0.05) is 42.9 Å². The predicted octanol–water partition coefficient (Wildman–Crippen LogP) is 4.40. The lowest BCUT2D eigenvalue weighted by atomic mass is 10.1. The number of anilines is 2. The summed E-state index contributed by atoms with van der Waals surface area (Å²) in [6.45, 7) is 6.21. The minimum atomic E-state index is -0.331. The number of aryl methyl sites for hydroxylation is 1. The van der Waals surface area contributed by atoms with Crippen molar-refractivity contribution in [2.24, 2.45) is 7.05 Å². The summed E-state index contributed by atoms with van der Waals surface area (Å²) < 4.78 is 1.64. The summed E-state index contributed by atoms with van der Waals surface area (Å²) in [6, 6.07) is 12.9. The molecule has 0 atom stereocenters. The van der Waals surface area contributed by atoms with Crippen LogP contribution in [0.15, 0.2) is 67.3 Å². The van der Waals surface area contributed by atoms with Gasteiger partial charge >= 0.3 is 0 Å². The Morgan fingerprint density at radius 3 is 2.50 bits per heavy atom. The Morgan fingerprint density at radius 2 is 1.81 bits per heavy atom. The normalized spacial score (nSPS) is 11.2. The second kappa shape index (κ2) is 8.58. The number of pyridine rings is 3. The summed E-state index contributed by atoms with van der Waals surface area (Å²) in [5, 5.41) is 10.8. The van der Waals surface area contributed by atoms with E-state index in [9.17, 15) is 4.79 Å². The Bertz CT molecular complexity index is 1230. The molecule has 0 saturated heterocycles. The molecule has 4 rings (SSSR count). The maximum absolute atomic E-state index is 13.1. The van der Waals surface area contributed by atoms with Crippen molar-refractivity contribution in [3.63, 3.8) is 0 Å². The van der Waals surface area contributed by atoms with Gasteiger partial charge in [0.1, 0.15) is 11.4 Å². The van der Waals surface area contributed by atoms with E-state index in [1.54, 1.807) is 42.6 Å². The number of nitrogens with one attached hydrogen (secondary N) is 2. The molecule has 4 heterocycles. The molecule has 0 fully saturated rings. The fourth-order valence-corrected chi connectivity index (χ4v) is 3.27. The minimum absolute atomic E-state index is 0.171. The van der Waals surface area contributed by atoms with Crippen LogP contribution in [0.3, 0.4) is 0 Å². The van der Waals surface area contributed by atoms with E-state index in [1.807, 2.05) is 36.4 Å². The molecule has 0 aliphatic carbocycles. The standard InChI is InChI=1S/C24H25N7O/c1-24(2,3)29-18-10-11-19(27-21(18)16-8-7-12-25-14-16)23(32)28-20-15-31(4)30-22(20)17-9-5-6-13-26-17/h5-15,29H,1-4H3,(H,28,32). The van der Waals surface area contributed by atoms with Gasteiger partial charge in [0.05, 0.1) is 22.8 Å². The third-order valence-electron chi connectivity index (χ3n) is 4.56. The number of hydrogen-bond donors (Lipinski definition) is 2. The molecular formula is C24H25N7O. The average molecular weight is 428 g/mol. The van der Waals surface area contributed by atoms with Gasteiger partial charge in [0.15, 0.2) is 0 Å². The van der Waals surface area contributed by atoms with Crippen molar-refractivity contribution in [1.82, 2.24) is 24.7 Å². The lowest BCUT2D eigenvalue weighted by molar-refractivity contribution is 0.102. The van der Waals surface area contributed by atoms with Gasteiger partial charge in [-0.15, -0.1) is 0 Å². The van der Waals surface area contributed by atoms with E-state index in [0.717, 1.165) is 11.3 Å². The lowest BCUT2D eigenvalue weighted by Crippen LogP contribution is -2.27. The van der Waals surface area contributed by atoms with Gasteiger partial charge < -0.3 is 10.6 Å². The van der Waals surface area contributed by atoms with Crippen LogP contribution >= 0.6 is 0 Å². The summed E-state index contributed by atoms with van der Waals surface area (Å²) in [5.41, 5.74) is 4.28. The second-order valence-electron chi connectivity index (χ2n) is 8.44. The zero-order valence-electron chi connectivity index (χ0n) is 18.5. The highest BCUT2D eigenvalue weighted by molar-refractivity contribution is 6.05. The van der Waals surface area contributed by atoms with Crippen LogP contribution < -0.4 is 10.6 Å². The number of amides is 1. The monoisotopic (exact) mass is 427 g/mol. The summed E-state index contributed by atoms with van der Waals surface area (Å²) >= 11 is 0. The van der Waals surface area contributed by atoms with E-state index >= 15 is 0 Å². The summed E-state index contributed by atoms with van der Waals surface area (Å²) in [7, 11) is 1.80. The van der Waals surface area contributed by atoms with Crippen LogP contribution in [0.5, 0.6) is 0 Å². The molecule has 4 aromatic rings. The molecule has 2 N–H and O–H groups in total. The van der Waals surface area contributed by atoms with Gasteiger partial charge in [-0.3, -0.25) is 19.4 Å². The number of aromatic nitrogens is 5. The number of hydrogen-bond acceptors (Lipinski definition) is 6. The van der Waals surface area contributed by atoms with Crippen LogP contribution in [0.2, 0.25) is 0 Å². The van der Waals surface area contributed by atoms with Crippen molar-refractivity contribution in [2.75, 3.05) is 10.6 Å². The Labute approximate surface area is 186 Å². The molecule has 4 aromatic heterocycles. The van der Waals surface area contributed by atoms with E-state index in [4.69, 9.17) is 0 Å². The molecule has 32 heavy (non-hydrogen) atoms. The number of rotatable bonds is 5. The largest absolute Gasteiger partial charge is 0.379 e. The molecule has 1 amide bonds. The van der Waals surface area contributed by atoms with Gasteiger partial charge in [-0.05, 0) is 57.2 Å². The van der Waals surface area contributed by atoms with E-state index in [-0.39, 0.29) is 11.4 Å². The highest BCUT2D eigenvalue weighted by Crippen LogP contribution is 2.29. The first kappa shape index (κ1) is 21.2. The van der Waals surface area contributed by atoms with Crippen molar-refractivity contribution in [3.05, 3.63) is 72.9 Å². The van der Waals surface area contributed by atoms with Crippen LogP contribution in [-0.4, -0.2) is 36.2 Å². The van der Waals surface area contributed by atoms with Gasteiger partial charge in [-0.25, -0.2) is 4.98 Å². The highest BCUT2D eigenvalue weighted by atomic mass is 16.1. The molecular weight excluding hydrogens is 402 g/mol. The number of carbonyl (C=O) groups excluding carboxylic acids is 1. The first-order valence-corrected chi connectivity index (χ1v) is 10.3. The molecule has 0 aliphatic heterocycles.